The van der Waals surface area contributed by atoms with E-state index in [1.165, 1.54) is 0 Å². The van der Waals surface area contributed by atoms with Gasteiger partial charge in [-0.1, -0.05) is 36.4 Å². The molecular formula is C26H24O5. The van der Waals surface area contributed by atoms with Crippen molar-refractivity contribution in [2.24, 2.45) is 0 Å². The van der Waals surface area contributed by atoms with E-state index in [2.05, 4.69) is 0 Å². The molecule has 0 amide bonds. The van der Waals surface area contributed by atoms with Crippen LogP contribution in [0.1, 0.15) is 34.0 Å². The SMILES string of the molecule is CCOc1ccccc1/C=C1\Oc2c(ccc(OCc3ccccc3OC)c2C)C1=O. The lowest BCUT2D eigenvalue weighted by atomic mass is 10.1. The third kappa shape index (κ3) is 4.12. The zero-order valence-electron chi connectivity index (χ0n) is 17.8. The van der Waals surface area contributed by atoms with E-state index < -0.39 is 0 Å². The van der Waals surface area contributed by atoms with E-state index in [-0.39, 0.29) is 11.5 Å². The Labute approximate surface area is 181 Å². The molecule has 0 unspecified atom stereocenters. The Morgan fingerprint density at radius 3 is 2.42 bits per heavy atom. The van der Waals surface area contributed by atoms with Crippen molar-refractivity contribution in [2.45, 2.75) is 20.5 Å². The van der Waals surface area contributed by atoms with E-state index in [0.29, 0.717) is 36.0 Å². The Bertz CT molecular complexity index is 1150. The van der Waals surface area contributed by atoms with Gasteiger partial charge in [-0.3, -0.25) is 4.79 Å². The van der Waals surface area contributed by atoms with Gasteiger partial charge in [-0.15, -0.1) is 0 Å². The molecule has 158 valence electrons. The minimum Gasteiger partial charge on any atom is -0.496 e. The summed E-state index contributed by atoms with van der Waals surface area (Å²) in [6.07, 6.45) is 1.72. The van der Waals surface area contributed by atoms with Crippen molar-refractivity contribution >= 4 is 11.9 Å². The summed E-state index contributed by atoms with van der Waals surface area (Å²) < 4.78 is 23.0. The number of carbonyl (C=O) groups is 1. The fraction of sp³-hybridized carbons (Fsp3) is 0.192. The molecule has 1 aliphatic heterocycles. The van der Waals surface area contributed by atoms with E-state index in [4.69, 9.17) is 18.9 Å². The summed E-state index contributed by atoms with van der Waals surface area (Å²) in [7, 11) is 1.64. The number of ketones is 1. The number of ether oxygens (including phenoxy) is 4. The molecule has 0 saturated carbocycles. The van der Waals surface area contributed by atoms with Gasteiger partial charge in [0.15, 0.2) is 5.76 Å². The second-order valence-electron chi connectivity index (χ2n) is 7.08. The Morgan fingerprint density at radius 1 is 0.903 bits per heavy atom. The molecule has 0 aliphatic carbocycles. The van der Waals surface area contributed by atoms with Crippen LogP contribution in [0.3, 0.4) is 0 Å². The highest BCUT2D eigenvalue weighted by molar-refractivity contribution is 6.15. The van der Waals surface area contributed by atoms with Crippen molar-refractivity contribution in [3.05, 3.63) is 88.7 Å². The number of hydrogen-bond donors (Lipinski definition) is 0. The van der Waals surface area contributed by atoms with Crippen LogP contribution in [0.25, 0.3) is 6.08 Å². The normalized spacial score (nSPS) is 13.6. The maximum Gasteiger partial charge on any atom is 0.231 e. The Kier molecular flexibility index (Phi) is 5.94. The van der Waals surface area contributed by atoms with Gasteiger partial charge >= 0.3 is 0 Å². The van der Waals surface area contributed by atoms with E-state index in [1.54, 1.807) is 19.3 Å². The second-order valence-corrected chi connectivity index (χ2v) is 7.08. The predicted octanol–water partition coefficient (Wildman–Crippen LogP) is 5.60. The van der Waals surface area contributed by atoms with Gasteiger partial charge in [0.2, 0.25) is 5.78 Å². The molecule has 4 rings (SSSR count). The molecule has 31 heavy (non-hydrogen) atoms. The van der Waals surface area contributed by atoms with Gasteiger partial charge in [-0.2, -0.15) is 0 Å². The van der Waals surface area contributed by atoms with E-state index in [9.17, 15) is 4.79 Å². The lowest BCUT2D eigenvalue weighted by molar-refractivity contribution is 0.101. The number of carbonyl (C=O) groups excluding carboxylic acids is 1. The van der Waals surface area contributed by atoms with Crippen LogP contribution in [0, 0.1) is 6.92 Å². The molecule has 0 fully saturated rings. The van der Waals surface area contributed by atoms with Crippen LogP contribution in [-0.2, 0) is 6.61 Å². The molecule has 3 aromatic carbocycles. The number of benzene rings is 3. The highest BCUT2D eigenvalue weighted by atomic mass is 16.5. The number of methoxy groups -OCH3 is 1. The molecule has 1 aliphatic rings. The maximum atomic E-state index is 12.9. The molecule has 0 aromatic heterocycles. The van der Waals surface area contributed by atoms with Gasteiger partial charge in [-0.25, -0.2) is 0 Å². The molecule has 0 bridgehead atoms. The van der Waals surface area contributed by atoms with Crippen LogP contribution >= 0.6 is 0 Å². The predicted molar refractivity (Wildman–Crippen MR) is 119 cm³/mol. The zero-order chi connectivity index (χ0) is 21.8. The maximum absolute atomic E-state index is 12.9. The van der Waals surface area contributed by atoms with Crippen LogP contribution < -0.4 is 18.9 Å². The minimum absolute atomic E-state index is 0.152. The van der Waals surface area contributed by atoms with Gasteiger partial charge in [0.05, 0.1) is 19.3 Å². The molecule has 1 heterocycles. The third-order valence-corrected chi connectivity index (χ3v) is 5.12. The highest BCUT2D eigenvalue weighted by Crippen LogP contribution is 2.40. The van der Waals surface area contributed by atoms with E-state index in [1.807, 2.05) is 68.4 Å². The van der Waals surface area contributed by atoms with Crippen LogP contribution in [-0.4, -0.2) is 19.5 Å². The second kappa shape index (κ2) is 8.96. The standard InChI is InChI=1S/C26H24O5/c1-4-29-23-12-8-5-9-18(23)15-24-25(27)20-13-14-21(17(2)26(20)31-24)30-16-19-10-6-7-11-22(19)28-3/h5-15H,4,16H2,1-3H3/b24-15-. The summed E-state index contributed by atoms with van der Waals surface area (Å²) in [5.41, 5.74) is 3.05. The first-order valence-corrected chi connectivity index (χ1v) is 10.2. The van der Waals surface area contributed by atoms with Crippen LogP contribution in [0.15, 0.2) is 66.4 Å². The van der Waals surface area contributed by atoms with Crippen molar-refractivity contribution < 1.29 is 23.7 Å². The van der Waals surface area contributed by atoms with Crippen molar-refractivity contribution in [1.82, 2.24) is 0 Å². The van der Waals surface area contributed by atoms with Crippen LogP contribution in [0.4, 0.5) is 0 Å². The smallest absolute Gasteiger partial charge is 0.231 e. The van der Waals surface area contributed by atoms with Crippen molar-refractivity contribution in [2.75, 3.05) is 13.7 Å². The molecule has 5 nitrogen and oxygen atoms in total. The van der Waals surface area contributed by atoms with Crippen molar-refractivity contribution in [1.29, 1.82) is 0 Å². The van der Waals surface area contributed by atoms with Gasteiger partial charge in [0.25, 0.3) is 0 Å². The molecule has 0 saturated heterocycles. The number of rotatable bonds is 7. The molecule has 0 radical (unpaired) electrons. The summed E-state index contributed by atoms with van der Waals surface area (Å²) in [6, 6.07) is 18.8. The number of allylic oxidation sites excluding steroid dienone is 1. The van der Waals surface area contributed by atoms with E-state index >= 15 is 0 Å². The zero-order valence-corrected chi connectivity index (χ0v) is 17.8. The molecule has 3 aromatic rings. The lowest BCUT2D eigenvalue weighted by Crippen LogP contribution is -2.00. The number of Topliss-reactive ketones (excluding diaryl/α,β-unsaturated/α-hetero) is 1. The molecule has 0 N–H and O–H groups in total. The van der Waals surface area contributed by atoms with Crippen molar-refractivity contribution in [3.63, 3.8) is 0 Å². The third-order valence-electron chi connectivity index (χ3n) is 5.12. The summed E-state index contributed by atoms with van der Waals surface area (Å²) >= 11 is 0. The summed E-state index contributed by atoms with van der Waals surface area (Å²) in [4.78, 5) is 12.9. The fourth-order valence-corrected chi connectivity index (χ4v) is 3.53. The fourth-order valence-electron chi connectivity index (χ4n) is 3.53. The largest absolute Gasteiger partial charge is 0.496 e. The first-order chi connectivity index (χ1) is 15.1. The molecular weight excluding hydrogens is 392 g/mol. The first-order valence-electron chi connectivity index (χ1n) is 10.2. The average Bonchev–Trinajstić information content (AvgIpc) is 3.11. The van der Waals surface area contributed by atoms with Gasteiger partial charge < -0.3 is 18.9 Å². The molecule has 0 atom stereocenters. The van der Waals surface area contributed by atoms with Crippen LogP contribution in [0.5, 0.6) is 23.0 Å². The Hall–Kier alpha value is -3.73. The monoisotopic (exact) mass is 416 g/mol. The summed E-state index contributed by atoms with van der Waals surface area (Å²) in [5, 5.41) is 0. The van der Waals surface area contributed by atoms with Gasteiger partial charge in [0.1, 0.15) is 29.6 Å². The van der Waals surface area contributed by atoms with Crippen LogP contribution in [0.2, 0.25) is 0 Å². The first kappa shape index (κ1) is 20.5. The van der Waals surface area contributed by atoms with Crippen molar-refractivity contribution in [3.8, 4) is 23.0 Å². The van der Waals surface area contributed by atoms with Gasteiger partial charge in [-0.05, 0) is 44.2 Å². The number of hydrogen-bond acceptors (Lipinski definition) is 5. The number of fused-ring (bicyclic) bond motifs is 1. The molecule has 0 spiro atoms. The quantitative estimate of drug-likeness (QED) is 0.470. The summed E-state index contributed by atoms with van der Waals surface area (Å²) in [6.45, 7) is 4.71. The Balaban J connectivity index is 1.58. The van der Waals surface area contributed by atoms with Gasteiger partial charge in [0, 0.05) is 16.7 Å². The molecule has 5 heteroatoms. The topological polar surface area (TPSA) is 54.0 Å². The highest BCUT2D eigenvalue weighted by Gasteiger charge is 2.30. The van der Waals surface area contributed by atoms with E-state index in [0.717, 1.165) is 22.4 Å². The summed E-state index contributed by atoms with van der Waals surface area (Å²) in [5.74, 6) is 2.79. The average molecular weight is 416 g/mol. The lowest BCUT2D eigenvalue weighted by Gasteiger charge is -2.13. The Morgan fingerprint density at radius 2 is 1.65 bits per heavy atom. The number of para-hydroxylation sites is 2. The minimum atomic E-state index is -0.152.